The van der Waals surface area contributed by atoms with Crippen LogP contribution in [-0.4, -0.2) is 87.5 Å². The van der Waals surface area contributed by atoms with E-state index in [4.69, 9.17) is 23.7 Å². The second kappa shape index (κ2) is 10.3. The molecule has 2 bridgehead atoms. The first kappa shape index (κ1) is 31.6. The summed E-state index contributed by atoms with van der Waals surface area (Å²) in [6.45, 7) is 12.8. The molecule has 10 atom stereocenters. The highest BCUT2D eigenvalue weighted by Crippen LogP contribution is 2.67. The van der Waals surface area contributed by atoms with Crippen LogP contribution in [0.4, 0.5) is 0 Å². The Morgan fingerprint density at radius 2 is 1.73 bits per heavy atom. The van der Waals surface area contributed by atoms with Crippen molar-refractivity contribution in [1.29, 1.82) is 0 Å². The Labute approximate surface area is 258 Å². The number of aliphatic hydroxyl groups is 3. The third-order valence-electron chi connectivity index (χ3n) is 11.4. The average molecular weight is 615 g/mol. The van der Waals surface area contributed by atoms with Gasteiger partial charge in [-0.2, -0.15) is 0 Å². The quantitative estimate of drug-likeness (QED) is 0.334. The Hall–Kier alpha value is -2.34. The molecule has 1 aromatic carbocycles. The van der Waals surface area contributed by atoms with Crippen LogP contribution in [0.5, 0.6) is 0 Å². The van der Waals surface area contributed by atoms with Gasteiger partial charge in [-0.25, -0.2) is 4.79 Å². The standard InChI is InChI=1S/C34H46O10/c1-8-12-23(37)42-33-17-40-22(33)15-21(36)32(7)26(33)28(41-29(38)19-13-10-9-11-14-19)34(39)16-20(35)18(2)24(30(34,3)4)25-27(32)44-31(5,6)43-25/h9-11,13-14,20-22,25-28,35-36,39H,8,12,15-17H2,1-7H3/t20-,21-,22+,25+,26-,27+,28-,32+,33-,34+/m0/s1. The van der Waals surface area contributed by atoms with Crippen molar-refractivity contribution in [3.05, 3.63) is 47.0 Å². The van der Waals surface area contributed by atoms with E-state index in [0.717, 1.165) is 0 Å². The number of hydrogen-bond acceptors (Lipinski definition) is 10. The third-order valence-corrected chi connectivity index (χ3v) is 11.4. The molecule has 3 N–H and O–H groups in total. The van der Waals surface area contributed by atoms with Gasteiger partial charge in [0.05, 0.1) is 36.4 Å². The molecule has 2 saturated carbocycles. The first-order chi connectivity index (χ1) is 20.5. The fourth-order valence-corrected chi connectivity index (χ4v) is 8.97. The van der Waals surface area contributed by atoms with Crippen molar-refractivity contribution in [1.82, 2.24) is 0 Å². The summed E-state index contributed by atoms with van der Waals surface area (Å²) < 4.78 is 32.1. The van der Waals surface area contributed by atoms with Gasteiger partial charge >= 0.3 is 11.9 Å². The van der Waals surface area contributed by atoms with E-state index in [0.29, 0.717) is 17.6 Å². The van der Waals surface area contributed by atoms with Gasteiger partial charge in [0, 0.05) is 30.1 Å². The number of hydrogen-bond donors (Lipinski definition) is 3. The van der Waals surface area contributed by atoms with Gasteiger partial charge in [-0.05, 0) is 50.5 Å². The molecule has 6 rings (SSSR count). The Morgan fingerprint density at radius 1 is 1.05 bits per heavy atom. The van der Waals surface area contributed by atoms with Crippen LogP contribution < -0.4 is 0 Å². The molecular weight excluding hydrogens is 568 g/mol. The van der Waals surface area contributed by atoms with Gasteiger partial charge in [-0.3, -0.25) is 4.79 Å². The van der Waals surface area contributed by atoms with E-state index in [9.17, 15) is 24.9 Å². The Morgan fingerprint density at radius 3 is 2.34 bits per heavy atom. The van der Waals surface area contributed by atoms with Crippen LogP contribution in [0, 0.1) is 16.7 Å². The van der Waals surface area contributed by atoms with Crippen LogP contribution in [0.25, 0.3) is 0 Å². The minimum Gasteiger partial charge on any atom is -0.455 e. The van der Waals surface area contributed by atoms with Crippen molar-refractivity contribution >= 4 is 11.9 Å². The lowest BCUT2D eigenvalue weighted by molar-refractivity contribution is -0.363. The maximum Gasteiger partial charge on any atom is 0.338 e. The summed E-state index contributed by atoms with van der Waals surface area (Å²) in [7, 11) is 0. The Bertz CT molecular complexity index is 1350. The van der Waals surface area contributed by atoms with E-state index >= 15 is 0 Å². The Balaban J connectivity index is 1.64. The van der Waals surface area contributed by atoms with Crippen LogP contribution in [0.3, 0.4) is 0 Å². The highest BCUT2D eigenvalue weighted by molar-refractivity contribution is 5.89. The zero-order valence-electron chi connectivity index (χ0n) is 26.7. The van der Waals surface area contributed by atoms with Crippen molar-refractivity contribution in [3.8, 4) is 0 Å². The number of fused-ring (bicyclic) bond motifs is 8. The van der Waals surface area contributed by atoms with E-state index in [1.165, 1.54) is 0 Å². The van der Waals surface area contributed by atoms with Gasteiger partial charge in [0.15, 0.2) is 11.4 Å². The summed E-state index contributed by atoms with van der Waals surface area (Å²) in [6, 6.07) is 8.47. The predicted molar refractivity (Wildman–Crippen MR) is 157 cm³/mol. The number of aliphatic hydroxyl groups excluding tert-OH is 2. The second-order valence-corrected chi connectivity index (χ2v) is 14.6. The summed E-state index contributed by atoms with van der Waals surface area (Å²) in [5.74, 6) is -3.22. The fraction of sp³-hybridized carbons (Fsp3) is 0.706. The minimum absolute atomic E-state index is 0.0120. The van der Waals surface area contributed by atoms with Gasteiger partial charge in [0.2, 0.25) is 0 Å². The average Bonchev–Trinajstić information content (AvgIpc) is 3.27. The maximum absolute atomic E-state index is 13.9. The number of esters is 2. The summed E-state index contributed by atoms with van der Waals surface area (Å²) in [6.07, 6.45) is -5.12. The molecular formula is C34H46O10. The molecule has 4 fully saturated rings. The third kappa shape index (κ3) is 4.28. The van der Waals surface area contributed by atoms with Crippen LogP contribution >= 0.6 is 0 Å². The summed E-state index contributed by atoms with van der Waals surface area (Å²) >= 11 is 0. The predicted octanol–water partition coefficient (Wildman–Crippen LogP) is 3.45. The van der Waals surface area contributed by atoms with E-state index in [1.54, 1.807) is 44.2 Å². The molecule has 0 unspecified atom stereocenters. The number of benzene rings is 1. The molecule has 0 amide bonds. The van der Waals surface area contributed by atoms with Crippen molar-refractivity contribution in [3.63, 3.8) is 0 Å². The normalized spacial score (nSPS) is 43.4. The van der Waals surface area contributed by atoms with E-state index in [1.807, 2.05) is 34.6 Å². The smallest absolute Gasteiger partial charge is 0.338 e. The maximum atomic E-state index is 13.9. The first-order valence-corrected chi connectivity index (χ1v) is 15.8. The molecule has 0 radical (unpaired) electrons. The van der Waals surface area contributed by atoms with Gasteiger partial charge in [0.25, 0.3) is 0 Å². The minimum atomic E-state index is -1.89. The van der Waals surface area contributed by atoms with Gasteiger partial charge < -0.3 is 39.0 Å². The lowest BCUT2D eigenvalue weighted by Gasteiger charge is -2.68. The number of carbonyl (C=O) groups excluding carboxylic acids is 2. The van der Waals surface area contributed by atoms with Crippen LogP contribution in [0.2, 0.25) is 0 Å². The zero-order chi connectivity index (χ0) is 32.0. The molecule has 0 spiro atoms. The molecule has 242 valence electrons. The SMILES string of the molecule is CCCC(=O)O[C@@]12CO[C@@H]1C[C@H](O)[C@@]1(C)[C@@H]3OC(C)(C)O[C@@H]3C3=C(C)[C@@H](O)C[C@@](O)([C@@H](OC(=O)c4ccccc4)[C@H]21)C3(C)C. The highest BCUT2D eigenvalue weighted by Gasteiger charge is 2.79. The van der Waals surface area contributed by atoms with Crippen LogP contribution in [0.15, 0.2) is 41.5 Å². The molecule has 1 aromatic rings. The molecule has 5 aliphatic rings. The molecule has 10 heteroatoms. The van der Waals surface area contributed by atoms with Crippen molar-refractivity contribution < 1.29 is 48.6 Å². The van der Waals surface area contributed by atoms with E-state index < -0.39 is 82.3 Å². The van der Waals surface area contributed by atoms with Crippen molar-refractivity contribution in [2.24, 2.45) is 16.7 Å². The molecule has 2 saturated heterocycles. The molecule has 2 heterocycles. The lowest BCUT2D eigenvalue weighted by Crippen LogP contribution is -2.82. The zero-order valence-corrected chi connectivity index (χ0v) is 26.7. The monoisotopic (exact) mass is 614 g/mol. The van der Waals surface area contributed by atoms with Crippen molar-refractivity contribution in [2.75, 3.05) is 6.61 Å². The highest BCUT2D eigenvalue weighted by atomic mass is 16.8. The molecule has 0 aromatic heterocycles. The van der Waals surface area contributed by atoms with Gasteiger partial charge in [0.1, 0.15) is 23.9 Å². The van der Waals surface area contributed by atoms with Gasteiger partial charge in [-0.1, -0.05) is 45.9 Å². The summed E-state index contributed by atoms with van der Waals surface area (Å²) in [4.78, 5) is 27.2. The lowest BCUT2D eigenvalue weighted by atomic mass is 9.44. The van der Waals surface area contributed by atoms with Crippen LogP contribution in [-0.2, 0) is 28.5 Å². The van der Waals surface area contributed by atoms with E-state index in [2.05, 4.69) is 0 Å². The number of rotatable bonds is 5. The summed E-state index contributed by atoms with van der Waals surface area (Å²) in [5.41, 5.74) is -4.08. The molecule has 2 aliphatic heterocycles. The number of ether oxygens (including phenoxy) is 5. The summed E-state index contributed by atoms with van der Waals surface area (Å²) in [5, 5.41) is 36.7. The fourth-order valence-electron chi connectivity index (χ4n) is 8.97. The second-order valence-electron chi connectivity index (χ2n) is 14.6. The van der Waals surface area contributed by atoms with Crippen LogP contribution in [0.1, 0.15) is 84.5 Å². The largest absolute Gasteiger partial charge is 0.455 e. The molecule has 3 aliphatic carbocycles. The van der Waals surface area contributed by atoms with E-state index in [-0.39, 0.29) is 31.4 Å². The first-order valence-electron chi connectivity index (χ1n) is 15.8. The topological polar surface area (TPSA) is 141 Å². The Kier molecular flexibility index (Phi) is 7.43. The van der Waals surface area contributed by atoms with Crippen molar-refractivity contribution in [2.45, 2.75) is 128 Å². The van der Waals surface area contributed by atoms with Gasteiger partial charge in [-0.15, -0.1) is 0 Å². The molecule has 44 heavy (non-hydrogen) atoms. The molecule has 10 nitrogen and oxygen atoms in total. The number of carbonyl (C=O) groups is 2.